The normalized spacial score (nSPS) is 19.2. The van der Waals surface area contributed by atoms with Crippen LogP contribution in [0.1, 0.15) is 33.9 Å². The summed E-state index contributed by atoms with van der Waals surface area (Å²) in [5, 5.41) is 6.98. The summed E-state index contributed by atoms with van der Waals surface area (Å²) in [6, 6.07) is 18.2. The molecular weight excluding hydrogens is 419 g/mol. The summed E-state index contributed by atoms with van der Waals surface area (Å²) in [7, 11) is 1.57. The number of hydrogen-bond donors (Lipinski definition) is 0. The third-order valence-corrected chi connectivity index (χ3v) is 5.76. The summed E-state index contributed by atoms with van der Waals surface area (Å²) in [5.41, 5.74) is 2.92. The van der Waals surface area contributed by atoms with E-state index >= 15 is 0 Å². The Morgan fingerprint density at radius 1 is 1.13 bits per heavy atom. The molecule has 0 N–H and O–H groups in total. The second kappa shape index (κ2) is 7.71. The Morgan fingerprint density at radius 3 is 2.58 bits per heavy atom. The SMILES string of the molecule is COc1ccc(C(=O)C2Oc3ccc(Cl)cc3C3CC(c4ccc(F)cc4)=NN23)cc1. The van der Waals surface area contributed by atoms with E-state index in [4.69, 9.17) is 26.2 Å². The fraction of sp³-hybridized carbons (Fsp3) is 0.167. The summed E-state index contributed by atoms with van der Waals surface area (Å²) >= 11 is 6.23. The Morgan fingerprint density at radius 2 is 1.87 bits per heavy atom. The quantitative estimate of drug-likeness (QED) is 0.525. The lowest BCUT2D eigenvalue weighted by Crippen LogP contribution is -2.45. The largest absolute Gasteiger partial charge is 0.497 e. The van der Waals surface area contributed by atoms with Crippen LogP contribution in [-0.2, 0) is 0 Å². The minimum atomic E-state index is -0.926. The topological polar surface area (TPSA) is 51.1 Å². The Labute approximate surface area is 183 Å². The van der Waals surface area contributed by atoms with E-state index in [1.54, 1.807) is 60.6 Å². The first-order chi connectivity index (χ1) is 15.0. The minimum Gasteiger partial charge on any atom is -0.497 e. The highest BCUT2D eigenvalue weighted by Gasteiger charge is 2.43. The van der Waals surface area contributed by atoms with Gasteiger partial charge in [-0.05, 0) is 60.2 Å². The van der Waals surface area contributed by atoms with Crippen LogP contribution in [0.2, 0.25) is 5.02 Å². The first-order valence-electron chi connectivity index (χ1n) is 9.79. The zero-order valence-corrected chi connectivity index (χ0v) is 17.3. The first kappa shape index (κ1) is 19.6. The molecule has 0 saturated heterocycles. The monoisotopic (exact) mass is 436 g/mol. The molecule has 5 nitrogen and oxygen atoms in total. The lowest BCUT2D eigenvalue weighted by atomic mass is 9.95. The molecule has 2 aliphatic rings. The average molecular weight is 437 g/mol. The number of nitrogens with zero attached hydrogens (tertiary/aromatic N) is 2. The Bertz CT molecular complexity index is 1180. The number of carbonyl (C=O) groups is 1. The molecule has 0 bridgehead atoms. The van der Waals surface area contributed by atoms with Crippen molar-refractivity contribution in [2.45, 2.75) is 18.7 Å². The van der Waals surface area contributed by atoms with E-state index in [9.17, 15) is 9.18 Å². The standard InChI is InChI=1S/C24H18ClFN2O3/c1-30-18-9-4-15(5-10-18)23(29)24-28-21(19-12-16(25)6-11-22(19)31-24)13-20(27-28)14-2-7-17(26)8-3-14/h2-12,21,24H,13H2,1H3. The molecular formula is C24H18ClFN2O3. The number of halogens is 2. The summed E-state index contributed by atoms with van der Waals surface area (Å²) in [4.78, 5) is 13.4. The van der Waals surface area contributed by atoms with E-state index in [1.165, 1.54) is 12.1 Å². The lowest BCUT2D eigenvalue weighted by Gasteiger charge is -2.37. The maximum absolute atomic E-state index is 13.4. The van der Waals surface area contributed by atoms with Crippen molar-refractivity contribution in [2.24, 2.45) is 5.10 Å². The van der Waals surface area contributed by atoms with Crippen LogP contribution < -0.4 is 9.47 Å². The summed E-state index contributed by atoms with van der Waals surface area (Å²) in [5.74, 6) is 0.746. The number of hydrogen-bond acceptors (Lipinski definition) is 5. The molecule has 7 heteroatoms. The molecule has 0 fully saturated rings. The minimum absolute atomic E-state index is 0.211. The smallest absolute Gasteiger partial charge is 0.251 e. The number of benzene rings is 3. The molecule has 0 aliphatic carbocycles. The molecule has 2 aliphatic heterocycles. The molecule has 0 aromatic heterocycles. The molecule has 0 radical (unpaired) electrons. The third-order valence-electron chi connectivity index (χ3n) is 5.53. The van der Waals surface area contributed by atoms with Crippen molar-refractivity contribution in [1.29, 1.82) is 0 Å². The van der Waals surface area contributed by atoms with E-state index in [0.717, 1.165) is 16.8 Å². The van der Waals surface area contributed by atoms with Gasteiger partial charge in [0.1, 0.15) is 17.3 Å². The molecule has 156 valence electrons. The predicted molar refractivity (Wildman–Crippen MR) is 115 cm³/mol. The molecule has 2 unspecified atom stereocenters. The van der Waals surface area contributed by atoms with Gasteiger partial charge in [-0.1, -0.05) is 23.7 Å². The van der Waals surface area contributed by atoms with Crippen LogP contribution in [0.5, 0.6) is 11.5 Å². The van der Waals surface area contributed by atoms with Gasteiger partial charge in [0, 0.05) is 22.6 Å². The van der Waals surface area contributed by atoms with Crippen molar-refractivity contribution >= 4 is 23.1 Å². The third kappa shape index (κ3) is 3.53. The lowest BCUT2D eigenvalue weighted by molar-refractivity contribution is -0.00455. The van der Waals surface area contributed by atoms with Crippen molar-refractivity contribution in [2.75, 3.05) is 7.11 Å². The second-order valence-electron chi connectivity index (χ2n) is 7.40. The van der Waals surface area contributed by atoms with Gasteiger partial charge in [-0.15, -0.1) is 0 Å². The molecule has 0 spiro atoms. The van der Waals surface area contributed by atoms with Crippen molar-refractivity contribution in [3.63, 3.8) is 0 Å². The van der Waals surface area contributed by atoms with Crippen molar-refractivity contribution in [1.82, 2.24) is 5.01 Å². The zero-order chi connectivity index (χ0) is 21.5. The average Bonchev–Trinajstić information content (AvgIpc) is 3.24. The highest BCUT2D eigenvalue weighted by Crippen LogP contribution is 2.44. The number of methoxy groups -OCH3 is 1. The van der Waals surface area contributed by atoms with Gasteiger partial charge in [0.15, 0.2) is 0 Å². The van der Waals surface area contributed by atoms with Crippen LogP contribution in [-0.4, -0.2) is 29.8 Å². The van der Waals surface area contributed by atoms with E-state index in [0.29, 0.717) is 28.5 Å². The van der Waals surface area contributed by atoms with E-state index < -0.39 is 6.23 Å². The number of hydrazone groups is 1. The van der Waals surface area contributed by atoms with Gasteiger partial charge in [-0.3, -0.25) is 4.79 Å². The van der Waals surface area contributed by atoms with E-state index in [1.807, 2.05) is 6.07 Å². The van der Waals surface area contributed by atoms with Gasteiger partial charge >= 0.3 is 0 Å². The maximum atomic E-state index is 13.4. The summed E-state index contributed by atoms with van der Waals surface area (Å²) in [6.07, 6.45) is -0.376. The number of fused-ring (bicyclic) bond motifs is 3. The molecule has 0 amide bonds. The van der Waals surface area contributed by atoms with Crippen LogP contribution in [0.4, 0.5) is 4.39 Å². The summed E-state index contributed by atoms with van der Waals surface area (Å²) < 4.78 is 24.7. The van der Waals surface area contributed by atoms with E-state index in [2.05, 4.69) is 0 Å². The molecule has 3 aromatic carbocycles. The van der Waals surface area contributed by atoms with Crippen LogP contribution >= 0.6 is 11.6 Å². The van der Waals surface area contributed by atoms with Gasteiger partial charge in [-0.25, -0.2) is 9.40 Å². The van der Waals surface area contributed by atoms with Crippen molar-refractivity contribution in [3.8, 4) is 11.5 Å². The molecule has 0 saturated carbocycles. The van der Waals surface area contributed by atoms with Gasteiger partial charge < -0.3 is 9.47 Å². The summed E-state index contributed by atoms with van der Waals surface area (Å²) in [6.45, 7) is 0. The number of ketones is 1. The van der Waals surface area contributed by atoms with Gasteiger partial charge in [0.25, 0.3) is 6.23 Å². The van der Waals surface area contributed by atoms with E-state index in [-0.39, 0.29) is 17.6 Å². The fourth-order valence-corrected chi connectivity index (χ4v) is 4.13. The Balaban J connectivity index is 1.55. The Kier molecular flexibility index (Phi) is 4.87. The highest BCUT2D eigenvalue weighted by atomic mass is 35.5. The highest BCUT2D eigenvalue weighted by molar-refractivity contribution is 6.30. The fourth-order valence-electron chi connectivity index (χ4n) is 3.95. The first-order valence-corrected chi connectivity index (χ1v) is 10.2. The van der Waals surface area contributed by atoms with Crippen LogP contribution in [0.25, 0.3) is 0 Å². The van der Waals surface area contributed by atoms with Gasteiger partial charge in [0.05, 0.1) is 18.9 Å². The van der Waals surface area contributed by atoms with Crippen molar-refractivity contribution in [3.05, 3.63) is 94.3 Å². The predicted octanol–water partition coefficient (Wildman–Crippen LogP) is 5.24. The molecule has 31 heavy (non-hydrogen) atoms. The number of ether oxygens (including phenoxy) is 2. The zero-order valence-electron chi connectivity index (χ0n) is 16.6. The second-order valence-corrected chi connectivity index (χ2v) is 7.84. The molecule has 2 heterocycles. The molecule has 2 atom stereocenters. The van der Waals surface area contributed by atoms with Crippen LogP contribution in [0.15, 0.2) is 71.8 Å². The number of Topliss-reactive ketones (excluding diaryl/α,β-unsaturated/α-hetero) is 1. The van der Waals surface area contributed by atoms with Crippen LogP contribution in [0.3, 0.4) is 0 Å². The Hall–Kier alpha value is -3.38. The van der Waals surface area contributed by atoms with Crippen molar-refractivity contribution < 1.29 is 18.7 Å². The van der Waals surface area contributed by atoms with Crippen LogP contribution in [0, 0.1) is 5.82 Å². The van der Waals surface area contributed by atoms with Gasteiger partial charge in [0.2, 0.25) is 5.78 Å². The maximum Gasteiger partial charge on any atom is 0.251 e. The molecule has 5 rings (SSSR count). The molecule has 3 aromatic rings. The number of rotatable bonds is 4. The van der Waals surface area contributed by atoms with Gasteiger partial charge in [-0.2, -0.15) is 5.10 Å². The number of carbonyl (C=O) groups excluding carboxylic acids is 1.